The number of halogens is 2. The molecule has 1 fully saturated rings. The van der Waals surface area contributed by atoms with Gasteiger partial charge in [0.05, 0.1) is 0 Å². The Morgan fingerprint density at radius 1 is 1.39 bits per heavy atom. The molecule has 100 valence electrons. The zero-order chi connectivity index (χ0) is 13.0. The first kappa shape index (κ1) is 13.8. The first-order valence-corrected chi connectivity index (χ1v) is 6.82. The van der Waals surface area contributed by atoms with Crippen molar-refractivity contribution in [3.05, 3.63) is 35.1 Å². The topological polar surface area (TPSA) is 21.3 Å². The Morgan fingerprint density at radius 3 is 2.78 bits per heavy atom. The van der Waals surface area contributed by atoms with Crippen molar-refractivity contribution in [3.63, 3.8) is 0 Å². The number of rotatable bonds is 4. The molecule has 1 saturated heterocycles. The van der Waals surface area contributed by atoms with E-state index in [9.17, 15) is 4.39 Å². The predicted molar refractivity (Wildman–Crippen MR) is 71.5 cm³/mol. The maximum atomic E-state index is 13.2. The summed E-state index contributed by atoms with van der Waals surface area (Å²) in [7, 11) is 0. The van der Waals surface area contributed by atoms with Gasteiger partial charge in [-0.3, -0.25) is 0 Å². The van der Waals surface area contributed by atoms with Crippen molar-refractivity contribution in [2.45, 2.75) is 31.8 Å². The first-order valence-electron chi connectivity index (χ1n) is 6.29. The molecule has 18 heavy (non-hydrogen) atoms. The van der Waals surface area contributed by atoms with Crippen molar-refractivity contribution in [2.24, 2.45) is 0 Å². The quantitative estimate of drug-likeness (QED) is 0.850. The van der Waals surface area contributed by atoms with E-state index in [4.69, 9.17) is 16.3 Å². The summed E-state index contributed by atoms with van der Waals surface area (Å²) in [5, 5.41) is 3.49. The molecule has 0 amide bonds. The number of hydrogen-bond donors (Lipinski definition) is 1. The minimum Gasteiger partial charge on any atom is -0.381 e. The predicted octanol–water partition coefficient (Wildman–Crippen LogP) is 3.01. The molecule has 1 aliphatic heterocycles. The van der Waals surface area contributed by atoms with Crippen LogP contribution >= 0.6 is 11.6 Å². The molecule has 2 rings (SSSR count). The van der Waals surface area contributed by atoms with E-state index in [2.05, 4.69) is 5.32 Å². The second kappa shape index (κ2) is 6.00. The van der Waals surface area contributed by atoms with E-state index >= 15 is 0 Å². The fourth-order valence-electron chi connectivity index (χ4n) is 2.23. The van der Waals surface area contributed by atoms with Gasteiger partial charge in [-0.05, 0) is 43.0 Å². The van der Waals surface area contributed by atoms with Crippen molar-refractivity contribution < 1.29 is 9.13 Å². The number of benzene rings is 1. The van der Waals surface area contributed by atoms with Gasteiger partial charge in [-0.25, -0.2) is 4.39 Å². The van der Waals surface area contributed by atoms with Crippen LogP contribution in [0.15, 0.2) is 18.2 Å². The molecule has 0 aliphatic carbocycles. The summed E-state index contributed by atoms with van der Waals surface area (Å²) in [6.07, 6.45) is 1.82. The van der Waals surface area contributed by atoms with Crippen LogP contribution in [-0.2, 0) is 11.3 Å². The highest BCUT2D eigenvalue weighted by molar-refractivity contribution is 6.18. The molecule has 0 bridgehead atoms. The zero-order valence-corrected chi connectivity index (χ0v) is 11.4. The molecule has 0 aromatic heterocycles. The second-order valence-electron chi connectivity index (χ2n) is 4.95. The minimum absolute atomic E-state index is 0.0709. The van der Waals surface area contributed by atoms with E-state index < -0.39 is 0 Å². The number of nitrogens with one attached hydrogen (secondary N) is 1. The lowest BCUT2D eigenvalue weighted by Crippen LogP contribution is -2.50. The summed E-state index contributed by atoms with van der Waals surface area (Å²) in [6, 6.07) is 4.89. The van der Waals surface area contributed by atoms with Crippen LogP contribution in [0.3, 0.4) is 0 Å². The smallest absolute Gasteiger partial charge is 0.123 e. The van der Waals surface area contributed by atoms with Crippen molar-refractivity contribution >= 4 is 11.6 Å². The SMILES string of the molecule is Cc1ccc(F)cc1CNC1(CCl)CCOCC1. The van der Waals surface area contributed by atoms with Crippen LogP contribution in [0.25, 0.3) is 0 Å². The Morgan fingerprint density at radius 2 is 2.11 bits per heavy atom. The van der Waals surface area contributed by atoms with Gasteiger partial charge in [0.25, 0.3) is 0 Å². The summed E-state index contributed by atoms with van der Waals surface area (Å²) in [5.74, 6) is 0.370. The fourth-order valence-corrected chi connectivity index (χ4v) is 2.59. The normalized spacial score (nSPS) is 18.8. The second-order valence-corrected chi connectivity index (χ2v) is 5.22. The van der Waals surface area contributed by atoms with E-state index in [0.717, 1.165) is 37.2 Å². The van der Waals surface area contributed by atoms with Crippen LogP contribution in [0, 0.1) is 12.7 Å². The molecule has 1 aromatic carbocycles. The van der Waals surface area contributed by atoms with Crippen LogP contribution in [0.2, 0.25) is 0 Å². The molecule has 0 radical (unpaired) electrons. The third kappa shape index (κ3) is 3.22. The highest BCUT2D eigenvalue weighted by Gasteiger charge is 2.31. The Bertz CT molecular complexity index is 405. The van der Waals surface area contributed by atoms with Gasteiger partial charge in [0, 0.05) is 31.2 Å². The van der Waals surface area contributed by atoms with E-state index in [-0.39, 0.29) is 11.4 Å². The average Bonchev–Trinajstić information content (AvgIpc) is 2.41. The van der Waals surface area contributed by atoms with Gasteiger partial charge in [0.15, 0.2) is 0 Å². The monoisotopic (exact) mass is 271 g/mol. The van der Waals surface area contributed by atoms with Crippen LogP contribution < -0.4 is 5.32 Å². The molecule has 1 aliphatic rings. The highest BCUT2D eigenvalue weighted by atomic mass is 35.5. The minimum atomic E-state index is -0.190. The summed E-state index contributed by atoms with van der Waals surface area (Å²) in [4.78, 5) is 0. The van der Waals surface area contributed by atoms with Crippen molar-refractivity contribution in [1.82, 2.24) is 5.32 Å². The van der Waals surface area contributed by atoms with Crippen LogP contribution in [0.5, 0.6) is 0 Å². The molecule has 4 heteroatoms. The molecule has 2 nitrogen and oxygen atoms in total. The molecule has 1 aromatic rings. The van der Waals surface area contributed by atoms with Crippen LogP contribution in [0.1, 0.15) is 24.0 Å². The average molecular weight is 272 g/mol. The van der Waals surface area contributed by atoms with Crippen molar-refractivity contribution in [2.75, 3.05) is 19.1 Å². The van der Waals surface area contributed by atoms with Gasteiger partial charge in [0.2, 0.25) is 0 Å². The number of alkyl halides is 1. The van der Waals surface area contributed by atoms with Gasteiger partial charge in [-0.2, -0.15) is 0 Å². The summed E-state index contributed by atoms with van der Waals surface area (Å²) < 4.78 is 18.6. The molecule has 1 heterocycles. The van der Waals surface area contributed by atoms with E-state index in [0.29, 0.717) is 12.4 Å². The van der Waals surface area contributed by atoms with Crippen LogP contribution in [-0.4, -0.2) is 24.6 Å². The van der Waals surface area contributed by atoms with Crippen molar-refractivity contribution in [3.8, 4) is 0 Å². The van der Waals surface area contributed by atoms with Gasteiger partial charge in [-0.15, -0.1) is 11.6 Å². The molecular formula is C14H19ClFNO. The van der Waals surface area contributed by atoms with Crippen LogP contribution in [0.4, 0.5) is 4.39 Å². The Kier molecular flexibility index (Phi) is 4.60. The zero-order valence-electron chi connectivity index (χ0n) is 10.6. The maximum Gasteiger partial charge on any atom is 0.123 e. The van der Waals surface area contributed by atoms with Crippen molar-refractivity contribution in [1.29, 1.82) is 0 Å². The van der Waals surface area contributed by atoms with E-state index in [1.807, 2.05) is 13.0 Å². The summed E-state index contributed by atoms with van der Waals surface area (Å²) in [6.45, 7) is 4.12. The summed E-state index contributed by atoms with van der Waals surface area (Å²) >= 11 is 6.08. The third-order valence-corrected chi connectivity index (χ3v) is 4.18. The fraction of sp³-hybridized carbons (Fsp3) is 0.571. The molecule has 1 N–H and O–H groups in total. The van der Waals surface area contributed by atoms with Gasteiger partial charge < -0.3 is 10.1 Å². The number of aryl methyl sites for hydroxylation is 1. The number of hydrogen-bond acceptors (Lipinski definition) is 2. The van der Waals surface area contributed by atoms with Gasteiger partial charge in [-0.1, -0.05) is 6.07 Å². The lowest BCUT2D eigenvalue weighted by Gasteiger charge is -2.36. The lowest BCUT2D eigenvalue weighted by atomic mass is 9.91. The Hall–Kier alpha value is -0.640. The highest BCUT2D eigenvalue weighted by Crippen LogP contribution is 2.23. The Balaban J connectivity index is 2.03. The van der Waals surface area contributed by atoms with E-state index in [1.54, 1.807) is 6.07 Å². The standard InChI is InChI=1S/C14H19ClFNO/c1-11-2-3-13(16)8-12(11)9-17-14(10-15)4-6-18-7-5-14/h2-3,8,17H,4-7,9-10H2,1H3. The summed E-state index contributed by atoms with van der Waals surface area (Å²) in [5.41, 5.74) is 2.02. The molecule has 0 saturated carbocycles. The largest absolute Gasteiger partial charge is 0.381 e. The molecule has 0 spiro atoms. The molecule has 0 atom stereocenters. The van der Waals surface area contributed by atoms with E-state index in [1.165, 1.54) is 6.07 Å². The third-order valence-electron chi connectivity index (χ3n) is 3.67. The first-order chi connectivity index (χ1) is 8.65. The lowest BCUT2D eigenvalue weighted by molar-refractivity contribution is 0.0459. The van der Waals surface area contributed by atoms with Gasteiger partial charge >= 0.3 is 0 Å². The van der Waals surface area contributed by atoms with Gasteiger partial charge in [0.1, 0.15) is 5.82 Å². The molecular weight excluding hydrogens is 253 g/mol. The maximum absolute atomic E-state index is 13.2. The Labute approximate surface area is 112 Å². The molecule has 0 unspecified atom stereocenters. The number of ether oxygens (including phenoxy) is 1.